The van der Waals surface area contributed by atoms with Crippen LogP contribution in [-0.4, -0.2) is 32.8 Å². The number of ketones is 1. The fourth-order valence-electron chi connectivity index (χ4n) is 3.43. The average molecular weight is 406 g/mol. The van der Waals surface area contributed by atoms with Crippen molar-refractivity contribution in [2.45, 2.75) is 19.0 Å². The third kappa shape index (κ3) is 3.56. The Labute approximate surface area is 174 Å². The topological polar surface area (TPSA) is 49.0 Å². The average Bonchev–Trinajstić information content (AvgIpc) is 3.24. The number of hydrogen-bond acceptors (Lipinski definition) is 4. The highest BCUT2D eigenvalue weighted by atomic mass is 32.2. The summed E-state index contributed by atoms with van der Waals surface area (Å²) in [5.41, 5.74) is 5.77. The monoisotopic (exact) mass is 405 g/mol. The summed E-state index contributed by atoms with van der Waals surface area (Å²) in [5, 5.41) is 0.801. The van der Waals surface area contributed by atoms with Crippen LogP contribution in [0.5, 0.6) is 5.75 Å². The third-order valence-electron chi connectivity index (χ3n) is 5.27. The quantitative estimate of drug-likeness (QED) is 0.336. The fraction of sp³-hybridized carbons (Fsp3) is 0.217. The summed E-state index contributed by atoms with van der Waals surface area (Å²) < 4.78 is 9.42. The van der Waals surface area contributed by atoms with Crippen LogP contribution in [0.2, 0.25) is 0 Å². The van der Waals surface area contributed by atoms with Gasteiger partial charge >= 0.3 is 0 Å². The molecule has 0 atom stereocenters. The zero-order chi connectivity index (χ0) is 20.5. The molecule has 0 saturated carbocycles. The molecule has 6 heteroatoms. The van der Waals surface area contributed by atoms with Gasteiger partial charge in [0.2, 0.25) is 0 Å². The molecule has 29 heavy (non-hydrogen) atoms. The number of aryl methyl sites for hydroxylation is 1. The first-order valence-electron chi connectivity index (χ1n) is 9.40. The number of carbonyl (C=O) groups is 1. The second-order valence-corrected chi connectivity index (χ2v) is 7.91. The summed E-state index contributed by atoms with van der Waals surface area (Å²) in [6.07, 6.45) is 0. The van der Waals surface area contributed by atoms with Crippen LogP contribution in [0.4, 0.5) is 0 Å². The first-order valence-corrected chi connectivity index (χ1v) is 10.4. The van der Waals surface area contributed by atoms with Crippen molar-refractivity contribution in [1.82, 2.24) is 14.1 Å². The van der Waals surface area contributed by atoms with Crippen molar-refractivity contribution in [2.24, 2.45) is 7.05 Å². The van der Waals surface area contributed by atoms with E-state index in [0.717, 1.165) is 44.6 Å². The van der Waals surface area contributed by atoms with E-state index in [2.05, 4.69) is 4.57 Å². The Kier molecular flexibility index (Phi) is 5.20. The van der Waals surface area contributed by atoms with Gasteiger partial charge in [0.15, 0.2) is 10.9 Å². The molecule has 0 N–H and O–H groups in total. The van der Waals surface area contributed by atoms with Crippen molar-refractivity contribution in [2.75, 3.05) is 12.9 Å². The van der Waals surface area contributed by atoms with Crippen molar-refractivity contribution < 1.29 is 9.53 Å². The number of aromatic nitrogens is 3. The van der Waals surface area contributed by atoms with Crippen LogP contribution in [0.3, 0.4) is 0 Å². The first-order chi connectivity index (χ1) is 14.0. The van der Waals surface area contributed by atoms with Crippen LogP contribution < -0.4 is 4.74 Å². The molecule has 5 nitrogen and oxygen atoms in total. The fourth-order valence-corrected chi connectivity index (χ4v) is 4.34. The van der Waals surface area contributed by atoms with Gasteiger partial charge in [-0.25, -0.2) is 4.98 Å². The Balaban J connectivity index is 1.68. The number of ether oxygens (including phenoxy) is 1. The second kappa shape index (κ2) is 7.79. The summed E-state index contributed by atoms with van der Waals surface area (Å²) >= 11 is 1.47. The zero-order valence-corrected chi connectivity index (χ0v) is 17.8. The van der Waals surface area contributed by atoms with Gasteiger partial charge in [0.25, 0.3) is 0 Å². The van der Waals surface area contributed by atoms with Crippen LogP contribution in [0.1, 0.15) is 21.7 Å². The van der Waals surface area contributed by atoms with E-state index in [1.807, 2.05) is 80.1 Å². The number of imidazole rings is 1. The molecule has 0 saturated heterocycles. The summed E-state index contributed by atoms with van der Waals surface area (Å²) in [6.45, 7) is 4.00. The molecule has 2 aromatic heterocycles. The SMILES string of the molecule is COc1ccc(-n2c(SCC(=O)c3cc(C)n(C)c3C)nc3ccccc32)cc1. The van der Waals surface area contributed by atoms with Gasteiger partial charge < -0.3 is 9.30 Å². The van der Waals surface area contributed by atoms with Crippen LogP contribution in [0.15, 0.2) is 59.8 Å². The third-order valence-corrected chi connectivity index (χ3v) is 6.21. The van der Waals surface area contributed by atoms with Crippen LogP contribution in [0.25, 0.3) is 16.7 Å². The molecule has 0 unspecified atom stereocenters. The normalized spacial score (nSPS) is 11.2. The van der Waals surface area contributed by atoms with E-state index in [1.165, 1.54) is 11.8 Å². The van der Waals surface area contributed by atoms with Crippen molar-refractivity contribution in [3.63, 3.8) is 0 Å². The van der Waals surface area contributed by atoms with E-state index >= 15 is 0 Å². The number of methoxy groups -OCH3 is 1. The van der Waals surface area contributed by atoms with E-state index in [4.69, 9.17) is 9.72 Å². The molecule has 0 aliphatic heterocycles. The molecule has 148 valence electrons. The molecule has 2 heterocycles. The zero-order valence-electron chi connectivity index (χ0n) is 17.0. The number of hydrogen-bond donors (Lipinski definition) is 0. The Bertz CT molecular complexity index is 1190. The summed E-state index contributed by atoms with van der Waals surface area (Å²) in [7, 11) is 3.64. The maximum atomic E-state index is 12.9. The molecule has 0 radical (unpaired) electrons. The molecule has 0 bridgehead atoms. The van der Waals surface area contributed by atoms with Gasteiger partial charge in [-0.15, -0.1) is 0 Å². The van der Waals surface area contributed by atoms with Crippen LogP contribution in [-0.2, 0) is 7.05 Å². The summed E-state index contributed by atoms with van der Waals surface area (Å²) in [6, 6.07) is 17.8. The lowest BCUT2D eigenvalue weighted by Crippen LogP contribution is -2.06. The number of fused-ring (bicyclic) bond motifs is 1. The van der Waals surface area contributed by atoms with Crippen molar-refractivity contribution in [3.8, 4) is 11.4 Å². The number of Topliss-reactive ketones (excluding diaryl/α,β-unsaturated/α-hetero) is 1. The molecule has 0 amide bonds. The lowest BCUT2D eigenvalue weighted by Gasteiger charge is -2.10. The van der Waals surface area contributed by atoms with Gasteiger partial charge in [-0.2, -0.15) is 0 Å². The highest BCUT2D eigenvalue weighted by Gasteiger charge is 2.18. The minimum absolute atomic E-state index is 0.115. The van der Waals surface area contributed by atoms with Gasteiger partial charge in [0.1, 0.15) is 5.75 Å². The Hall–Kier alpha value is -2.99. The maximum Gasteiger partial charge on any atom is 0.175 e. The van der Waals surface area contributed by atoms with E-state index in [-0.39, 0.29) is 5.78 Å². The molecular formula is C23H23N3O2S. The van der Waals surface area contributed by atoms with Gasteiger partial charge in [-0.1, -0.05) is 23.9 Å². The number of rotatable bonds is 6. The molecule has 0 aliphatic rings. The molecule has 0 spiro atoms. The largest absolute Gasteiger partial charge is 0.497 e. The predicted molar refractivity (Wildman–Crippen MR) is 118 cm³/mol. The Morgan fingerprint density at radius 2 is 1.83 bits per heavy atom. The highest BCUT2D eigenvalue weighted by molar-refractivity contribution is 7.99. The van der Waals surface area contributed by atoms with Crippen molar-refractivity contribution in [3.05, 3.63) is 71.5 Å². The number of thioether (sulfide) groups is 1. The second-order valence-electron chi connectivity index (χ2n) is 6.97. The summed E-state index contributed by atoms with van der Waals surface area (Å²) in [5.74, 6) is 1.26. The van der Waals surface area contributed by atoms with E-state index < -0.39 is 0 Å². The molecule has 4 rings (SSSR count). The molecule has 0 aliphatic carbocycles. The summed E-state index contributed by atoms with van der Waals surface area (Å²) in [4.78, 5) is 17.6. The molecule has 0 fully saturated rings. The van der Waals surface area contributed by atoms with E-state index in [0.29, 0.717) is 5.75 Å². The van der Waals surface area contributed by atoms with Crippen molar-refractivity contribution in [1.29, 1.82) is 0 Å². The highest BCUT2D eigenvalue weighted by Crippen LogP contribution is 2.29. The number of para-hydroxylation sites is 2. The van der Waals surface area contributed by atoms with Gasteiger partial charge in [-0.05, 0) is 56.3 Å². The lowest BCUT2D eigenvalue weighted by molar-refractivity contribution is 0.102. The van der Waals surface area contributed by atoms with Crippen LogP contribution >= 0.6 is 11.8 Å². The Morgan fingerprint density at radius 3 is 2.48 bits per heavy atom. The first kappa shape index (κ1) is 19.3. The van der Waals surface area contributed by atoms with Gasteiger partial charge in [0, 0.05) is 29.7 Å². The van der Waals surface area contributed by atoms with Gasteiger partial charge in [-0.3, -0.25) is 9.36 Å². The minimum Gasteiger partial charge on any atom is -0.497 e. The number of carbonyl (C=O) groups excluding carboxylic acids is 1. The predicted octanol–water partition coefficient (Wildman–Crippen LogP) is 4.96. The maximum absolute atomic E-state index is 12.9. The van der Waals surface area contributed by atoms with E-state index in [1.54, 1.807) is 7.11 Å². The smallest absolute Gasteiger partial charge is 0.175 e. The minimum atomic E-state index is 0.115. The van der Waals surface area contributed by atoms with E-state index in [9.17, 15) is 4.79 Å². The number of nitrogens with zero attached hydrogens (tertiary/aromatic N) is 3. The van der Waals surface area contributed by atoms with Gasteiger partial charge in [0.05, 0.1) is 23.9 Å². The lowest BCUT2D eigenvalue weighted by atomic mass is 10.2. The van der Waals surface area contributed by atoms with Crippen LogP contribution in [0, 0.1) is 13.8 Å². The Morgan fingerprint density at radius 1 is 1.10 bits per heavy atom. The van der Waals surface area contributed by atoms with Crippen molar-refractivity contribution >= 4 is 28.6 Å². The molecular weight excluding hydrogens is 382 g/mol. The molecule has 4 aromatic rings. The number of benzene rings is 2. The standard InChI is InChI=1S/C23H23N3O2S/c1-15-13-19(16(2)25(15)3)22(27)14-29-23-24-20-7-5-6-8-21(20)26(23)17-9-11-18(28-4)12-10-17/h5-13H,14H2,1-4H3. The molecule has 2 aromatic carbocycles.